The van der Waals surface area contributed by atoms with Crippen LogP contribution in [0.2, 0.25) is 0 Å². The van der Waals surface area contributed by atoms with Crippen LogP contribution in [0.15, 0.2) is 16.5 Å². The topological polar surface area (TPSA) is 127 Å². The number of nitrogens with one attached hydrogen (secondary N) is 2. The van der Waals surface area contributed by atoms with Gasteiger partial charge in [-0.25, -0.2) is 8.42 Å². The number of nitrogens with zero attached hydrogens (tertiary/aromatic N) is 3. The molecule has 0 fully saturated rings. The van der Waals surface area contributed by atoms with Gasteiger partial charge in [0.05, 0.1) is 11.1 Å². The average Bonchev–Trinajstić information content (AvgIpc) is 2.95. The quantitative estimate of drug-likeness (QED) is 0.628. The van der Waals surface area contributed by atoms with Gasteiger partial charge in [0, 0.05) is 24.6 Å². The fourth-order valence-corrected chi connectivity index (χ4v) is 4.17. The smallest absolute Gasteiger partial charge is 0.304 e. The molecule has 19 heavy (non-hydrogen) atoms. The predicted octanol–water partition coefficient (Wildman–Crippen LogP) is 1.35. The molecule has 12 heteroatoms. The summed E-state index contributed by atoms with van der Waals surface area (Å²) in [6.45, 7) is 0. The Bertz CT molecular complexity index is 692. The maximum atomic E-state index is 12.0. The Morgan fingerprint density at radius 1 is 1.47 bits per heavy atom. The molecule has 2 aromatic heterocycles. The molecule has 0 bridgehead atoms. The molecule has 9 nitrogen and oxygen atoms in total. The Labute approximate surface area is 115 Å². The van der Waals surface area contributed by atoms with Gasteiger partial charge in [-0.3, -0.25) is 14.8 Å². The molecule has 2 rings (SSSR count). The second-order valence-corrected chi connectivity index (χ2v) is 6.92. The van der Waals surface area contributed by atoms with Gasteiger partial charge in [-0.1, -0.05) is 15.8 Å². The van der Waals surface area contributed by atoms with E-state index in [0.717, 1.165) is 28.9 Å². The van der Waals surface area contributed by atoms with E-state index in [2.05, 4.69) is 19.6 Å². The van der Waals surface area contributed by atoms with Gasteiger partial charge in [-0.05, 0) is 0 Å². The molecule has 0 aromatic carbocycles. The second kappa shape index (κ2) is 5.07. The van der Waals surface area contributed by atoms with E-state index in [-0.39, 0.29) is 19.9 Å². The Balaban J connectivity index is 2.38. The molecule has 0 atom stereocenters. The van der Waals surface area contributed by atoms with E-state index >= 15 is 0 Å². The van der Waals surface area contributed by atoms with Crippen LogP contribution in [0.4, 0.5) is 15.7 Å². The number of rotatable bonds is 5. The summed E-state index contributed by atoms with van der Waals surface area (Å²) < 4.78 is 29.6. The van der Waals surface area contributed by atoms with Crippen molar-refractivity contribution in [2.24, 2.45) is 0 Å². The van der Waals surface area contributed by atoms with Gasteiger partial charge in [-0.2, -0.15) is 0 Å². The van der Waals surface area contributed by atoms with Crippen molar-refractivity contribution in [2.75, 3.05) is 17.1 Å². The van der Waals surface area contributed by atoms with Crippen LogP contribution in [0.3, 0.4) is 0 Å². The van der Waals surface area contributed by atoms with Crippen LogP contribution >= 0.6 is 22.9 Å². The third-order valence-corrected chi connectivity index (χ3v) is 5.66. The normalized spacial score (nSPS) is 11.2. The van der Waals surface area contributed by atoms with Crippen molar-refractivity contribution in [3.63, 3.8) is 0 Å². The van der Waals surface area contributed by atoms with Crippen LogP contribution in [-0.4, -0.2) is 30.0 Å². The first-order valence-electron chi connectivity index (χ1n) is 4.70. The lowest BCUT2D eigenvalue weighted by molar-refractivity contribution is -0.383. The number of anilines is 2. The molecule has 0 aliphatic carbocycles. The maximum absolute atomic E-state index is 12.0. The number of hydrogen-bond donors (Lipinski definition) is 2. The summed E-state index contributed by atoms with van der Waals surface area (Å²) in [6.07, 6.45) is 1.25. The van der Waals surface area contributed by atoms with Gasteiger partial charge in [0.2, 0.25) is 0 Å². The van der Waals surface area contributed by atoms with Crippen LogP contribution in [0.1, 0.15) is 0 Å². The molecule has 2 N–H and O–H groups in total. The fraction of sp³-hybridized carbons (Fsp3) is 0.143. The van der Waals surface area contributed by atoms with Crippen molar-refractivity contribution < 1.29 is 13.3 Å². The average molecular weight is 321 g/mol. The Morgan fingerprint density at radius 3 is 2.68 bits per heavy atom. The summed E-state index contributed by atoms with van der Waals surface area (Å²) in [5, 5.41) is 17.3. The fourth-order valence-electron chi connectivity index (χ4n) is 1.20. The van der Waals surface area contributed by atoms with Gasteiger partial charge in [0.1, 0.15) is 9.21 Å². The highest BCUT2D eigenvalue weighted by Crippen LogP contribution is 2.37. The van der Waals surface area contributed by atoms with Crippen molar-refractivity contribution in [1.82, 2.24) is 9.59 Å². The molecule has 102 valence electrons. The summed E-state index contributed by atoms with van der Waals surface area (Å²) in [5.41, 5.74) is -0.282. The third kappa shape index (κ3) is 2.80. The first-order valence-corrected chi connectivity index (χ1v) is 7.77. The molecule has 0 saturated heterocycles. The Hall–Kier alpha value is -1.79. The number of aromatic nitrogens is 2. The first-order chi connectivity index (χ1) is 8.94. The lowest BCUT2D eigenvalue weighted by Gasteiger charge is -2.00. The standard InChI is InChI=1S/C7H7N5O4S3/c1-8-7-4(12(13)14)2-6(17-7)19(15,16)10-5-3-9-11-18-5/h2-3,8,10H,1H3. The molecule has 0 amide bonds. The molecule has 2 aromatic rings. The maximum Gasteiger partial charge on any atom is 0.304 e. The highest BCUT2D eigenvalue weighted by atomic mass is 32.2. The number of sulfonamides is 1. The van der Waals surface area contributed by atoms with Crippen LogP contribution in [-0.2, 0) is 10.0 Å². The van der Waals surface area contributed by atoms with Crippen LogP contribution < -0.4 is 10.0 Å². The van der Waals surface area contributed by atoms with Gasteiger partial charge < -0.3 is 5.32 Å². The van der Waals surface area contributed by atoms with E-state index < -0.39 is 14.9 Å². The molecule has 0 aliphatic rings. The minimum absolute atomic E-state index is 0.156. The van der Waals surface area contributed by atoms with E-state index in [1.807, 2.05) is 0 Å². The Kier molecular flexibility index (Phi) is 3.64. The van der Waals surface area contributed by atoms with Crippen molar-refractivity contribution >= 4 is 48.6 Å². The number of nitro groups is 1. The van der Waals surface area contributed by atoms with Crippen LogP contribution in [0.5, 0.6) is 0 Å². The minimum atomic E-state index is -3.87. The predicted molar refractivity (Wildman–Crippen MR) is 71.2 cm³/mol. The Morgan fingerprint density at radius 2 is 2.21 bits per heavy atom. The van der Waals surface area contributed by atoms with Gasteiger partial charge in [-0.15, -0.1) is 5.10 Å². The zero-order valence-corrected chi connectivity index (χ0v) is 11.8. The number of hydrogen-bond acceptors (Lipinski definition) is 9. The molecular weight excluding hydrogens is 314 g/mol. The lowest BCUT2D eigenvalue weighted by Crippen LogP contribution is -2.10. The van der Waals surface area contributed by atoms with Crippen LogP contribution in [0, 0.1) is 10.1 Å². The summed E-state index contributed by atoms with van der Waals surface area (Å²) in [4.78, 5) is 10.1. The first kappa shape index (κ1) is 13.6. The van der Waals surface area contributed by atoms with E-state index in [0.29, 0.717) is 0 Å². The zero-order valence-electron chi connectivity index (χ0n) is 9.35. The molecular formula is C7H7N5O4S3. The molecule has 0 aliphatic heterocycles. The van der Waals surface area contributed by atoms with Crippen molar-refractivity contribution in [2.45, 2.75) is 4.21 Å². The highest BCUT2D eigenvalue weighted by molar-refractivity contribution is 7.95. The largest absolute Gasteiger partial charge is 0.374 e. The van der Waals surface area contributed by atoms with Gasteiger partial charge in [0.15, 0.2) is 5.00 Å². The lowest BCUT2D eigenvalue weighted by atomic mass is 10.5. The van der Waals surface area contributed by atoms with Crippen molar-refractivity contribution in [3.8, 4) is 0 Å². The SMILES string of the molecule is CNc1sc(S(=O)(=O)Nc2cnns2)cc1[N+](=O)[O-]. The number of thiophene rings is 1. The van der Waals surface area contributed by atoms with E-state index in [1.165, 1.54) is 13.2 Å². The van der Waals surface area contributed by atoms with E-state index in [9.17, 15) is 18.5 Å². The summed E-state index contributed by atoms with van der Waals surface area (Å²) in [7, 11) is -2.39. The van der Waals surface area contributed by atoms with Gasteiger partial charge >= 0.3 is 5.69 Å². The van der Waals surface area contributed by atoms with E-state index in [1.54, 1.807) is 0 Å². The third-order valence-electron chi connectivity index (χ3n) is 1.97. The summed E-state index contributed by atoms with van der Waals surface area (Å²) in [5.74, 6) is 0. The molecule has 0 spiro atoms. The van der Waals surface area contributed by atoms with E-state index in [4.69, 9.17) is 0 Å². The zero-order chi connectivity index (χ0) is 14.0. The minimum Gasteiger partial charge on any atom is -0.374 e. The second-order valence-electron chi connectivity index (χ2n) is 3.17. The van der Waals surface area contributed by atoms with Gasteiger partial charge in [0.25, 0.3) is 10.0 Å². The molecule has 0 unspecified atom stereocenters. The van der Waals surface area contributed by atoms with Crippen LogP contribution in [0.25, 0.3) is 0 Å². The van der Waals surface area contributed by atoms with Crippen molar-refractivity contribution in [3.05, 3.63) is 22.4 Å². The van der Waals surface area contributed by atoms with Crippen molar-refractivity contribution in [1.29, 1.82) is 0 Å². The highest BCUT2D eigenvalue weighted by Gasteiger charge is 2.26. The molecule has 0 saturated carbocycles. The molecule has 0 radical (unpaired) electrons. The molecule has 2 heterocycles. The summed E-state index contributed by atoms with van der Waals surface area (Å²) >= 11 is 1.65. The summed E-state index contributed by atoms with van der Waals surface area (Å²) in [6, 6.07) is 1.01. The monoisotopic (exact) mass is 321 g/mol.